The van der Waals surface area contributed by atoms with Crippen LogP contribution in [0.1, 0.15) is 53.7 Å². The highest BCUT2D eigenvalue weighted by Crippen LogP contribution is 2.43. The highest BCUT2D eigenvalue weighted by atomic mass is 16.5. The average Bonchev–Trinajstić information content (AvgIpc) is 2.60. The molecule has 1 aromatic rings. The van der Waals surface area contributed by atoms with Crippen molar-refractivity contribution < 1.29 is 10.0 Å². The Kier molecular flexibility index (Phi) is 3.83. The van der Waals surface area contributed by atoms with Gasteiger partial charge in [0, 0.05) is 30.9 Å². The number of aromatic nitrogens is 1. The minimum atomic E-state index is -0.493. The summed E-state index contributed by atoms with van der Waals surface area (Å²) in [6.07, 6.45) is 8.98. The van der Waals surface area contributed by atoms with E-state index in [1.807, 2.05) is 6.07 Å². The summed E-state index contributed by atoms with van der Waals surface area (Å²) in [6.45, 7) is 3.04. The molecule has 1 spiro atoms. The normalized spacial score (nSPS) is 30.6. The molecule has 1 aliphatic carbocycles. The maximum atomic E-state index is 11.5. The average molecular weight is 316 g/mol. The van der Waals surface area contributed by atoms with E-state index < -0.39 is 5.91 Å². The number of piperidine rings is 1. The van der Waals surface area contributed by atoms with Crippen LogP contribution in [0.5, 0.6) is 0 Å². The third kappa shape index (κ3) is 2.55. The van der Waals surface area contributed by atoms with Crippen molar-refractivity contribution in [3.8, 4) is 0 Å². The van der Waals surface area contributed by atoms with Crippen LogP contribution in [0.15, 0.2) is 12.3 Å². The van der Waals surface area contributed by atoms with Gasteiger partial charge in [0.15, 0.2) is 0 Å². The van der Waals surface area contributed by atoms with Gasteiger partial charge in [-0.1, -0.05) is 6.42 Å². The van der Waals surface area contributed by atoms with Crippen LogP contribution in [-0.4, -0.2) is 45.7 Å². The first-order valence-electron chi connectivity index (χ1n) is 8.63. The Morgan fingerprint density at radius 2 is 2.35 bits per heavy atom. The zero-order valence-corrected chi connectivity index (χ0v) is 13.3. The van der Waals surface area contributed by atoms with Gasteiger partial charge in [0.1, 0.15) is 0 Å². The number of fused-ring (bicyclic) bond motifs is 1. The lowest BCUT2D eigenvalue weighted by Gasteiger charge is -2.57. The lowest BCUT2D eigenvalue weighted by atomic mass is 9.66. The predicted molar refractivity (Wildman–Crippen MR) is 85.2 cm³/mol. The summed E-state index contributed by atoms with van der Waals surface area (Å²) in [5, 5.41) is 12.5. The molecule has 4 rings (SSSR count). The van der Waals surface area contributed by atoms with E-state index >= 15 is 0 Å². The van der Waals surface area contributed by atoms with E-state index in [1.54, 1.807) is 11.7 Å². The Morgan fingerprint density at radius 3 is 3.04 bits per heavy atom. The molecule has 3 heterocycles. The number of nitrogens with zero attached hydrogens (tertiary/aromatic N) is 2. The summed E-state index contributed by atoms with van der Waals surface area (Å²) in [5.74, 6) is -0.493. The van der Waals surface area contributed by atoms with Gasteiger partial charge in [-0.05, 0) is 50.3 Å². The van der Waals surface area contributed by atoms with Gasteiger partial charge in [-0.25, -0.2) is 5.48 Å². The molecular weight excluding hydrogens is 292 g/mol. The Balaban J connectivity index is 1.50. The minimum absolute atomic E-state index is 0.340. The second-order valence-electron chi connectivity index (χ2n) is 7.09. The molecular formula is C17H24N4O2. The molecule has 2 aliphatic heterocycles. The summed E-state index contributed by atoms with van der Waals surface area (Å²) in [5.41, 5.74) is 4.64. The number of rotatable bonds is 2. The second kappa shape index (κ2) is 5.85. The zero-order valence-electron chi connectivity index (χ0n) is 13.3. The quantitative estimate of drug-likeness (QED) is 0.565. The number of hydrogen-bond donors (Lipinski definition) is 3. The second-order valence-corrected chi connectivity index (χ2v) is 7.09. The van der Waals surface area contributed by atoms with Crippen molar-refractivity contribution in [1.29, 1.82) is 0 Å². The molecule has 0 radical (unpaired) electrons. The van der Waals surface area contributed by atoms with Gasteiger partial charge in [0.05, 0.1) is 11.3 Å². The number of carbonyl (C=O) groups excluding carboxylic acids is 1. The van der Waals surface area contributed by atoms with E-state index in [0.717, 1.165) is 37.3 Å². The summed E-state index contributed by atoms with van der Waals surface area (Å²) in [7, 11) is 0. The predicted octanol–water partition coefficient (Wildman–Crippen LogP) is 1.23. The van der Waals surface area contributed by atoms with Crippen molar-refractivity contribution in [3.63, 3.8) is 0 Å². The molecule has 23 heavy (non-hydrogen) atoms. The summed E-state index contributed by atoms with van der Waals surface area (Å²) in [4.78, 5) is 18.6. The third-order valence-electron chi connectivity index (χ3n) is 5.91. The maximum absolute atomic E-state index is 11.5. The first kappa shape index (κ1) is 15.1. The number of amides is 1. The molecule has 6 nitrogen and oxygen atoms in total. The molecule has 124 valence electrons. The molecule has 0 bridgehead atoms. The lowest BCUT2D eigenvalue weighted by Crippen LogP contribution is -2.69. The largest absolute Gasteiger partial charge is 0.310 e. The van der Waals surface area contributed by atoms with Crippen LogP contribution < -0.4 is 10.8 Å². The van der Waals surface area contributed by atoms with E-state index in [2.05, 4.69) is 15.2 Å². The SMILES string of the molecule is O=C(NO)c1cnc2c(c1)CCN([C@@H]1CC[C@@]13CCCCN3)C2. The van der Waals surface area contributed by atoms with E-state index in [-0.39, 0.29) is 0 Å². The summed E-state index contributed by atoms with van der Waals surface area (Å²) in [6, 6.07) is 2.49. The molecule has 6 heteroatoms. The topological polar surface area (TPSA) is 77.5 Å². The zero-order chi connectivity index (χ0) is 15.9. The molecule has 1 saturated carbocycles. The molecule has 3 aliphatic rings. The highest BCUT2D eigenvalue weighted by Gasteiger charge is 2.49. The van der Waals surface area contributed by atoms with Crippen molar-refractivity contribution in [1.82, 2.24) is 20.7 Å². The molecule has 2 fully saturated rings. The van der Waals surface area contributed by atoms with Gasteiger partial charge in [-0.15, -0.1) is 0 Å². The van der Waals surface area contributed by atoms with E-state index in [9.17, 15) is 4.79 Å². The Labute approximate surface area is 136 Å². The Hall–Kier alpha value is -1.50. The van der Waals surface area contributed by atoms with Crippen molar-refractivity contribution in [2.45, 2.75) is 56.7 Å². The Morgan fingerprint density at radius 1 is 1.43 bits per heavy atom. The smallest absolute Gasteiger partial charge is 0.276 e. The maximum Gasteiger partial charge on any atom is 0.276 e. The van der Waals surface area contributed by atoms with Gasteiger partial charge >= 0.3 is 0 Å². The van der Waals surface area contributed by atoms with E-state index in [1.165, 1.54) is 32.1 Å². The number of hydroxylamine groups is 1. The van der Waals surface area contributed by atoms with Crippen molar-refractivity contribution in [3.05, 3.63) is 29.1 Å². The standard InChI is InChI=1S/C17H24N4O2/c22-16(20-23)13-9-12-4-8-21(11-14(12)18-10-13)15-3-6-17(15)5-1-2-7-19-17/h9-10,15,19,23H,1-8,11H2,(H,20,22)/t15-,17+/m1/s1. The molecule has 3 N–H and O–H groups in total. The van der Waals surface area contributed by atoms with E-state index in [0.29, 0.717) is 17.1 Å². The van der Waals surface area contributed by atoms with Gasteiger partial charge in [-0.2, -0.15) is 0 Å². The van der Waals surface area contributed by atoms with Crippen molar-refractivity contribution in [2.75, 3.05) is 13.1 Å². The van der Waals surface area contributed by atoms with Crippen LogP contribution in [0.25, 0.3) is 0 Å². The molecule has 1 aromatic heterocycles. The first-order chi connectivity index (χ1) is 11.2. The van der Waals surface area contributed by atoms with Crippen molar-refractivity contribution >= 4 is 5.91 Å². The molecule has 0 aromatic carbocycles. The van der Waals surface area contributed by atoms with Crippen LogP contribution in [0.2, 0.25) is 0 Å². The van der Waals surface area contributed by atoms with Gasteiger partial charge < -0.3 is 5.32 Å². The Bertz CT molecular complexity index is 613. The van der Waals surface area contributed by atoms with Gasteiger partial charge in [-0.3, -0.25) is 19.9 Å². The third-order valence-corrected chi connectivity index (χ3v) is 5.91. The van der Waals surface area contributed by atoms with Crippen LogP contribution in [-0.2, 0) is 13.0 Å². The summed E-state index contributed by atoms with van der Waals surface area (Å²) < 4.78 is 0. The van der Waals surface area contributed by atoms with Gasteiger partial charge in [0.25, 0.3) is 5.91 Å². The molecule has 1 saturated heterocycles. The number of pyridine rings is 1. The number of nitrogens with one attached hydrogen (secondary N) is 2. The fourth-order valence-corrected chi connectivity index (χ4v) is 4.53. The monoisotopic (exact) mass is 316 g/mol. The van der Waals surface area contributed by atoms with Crippen LogP contribution >= 0.6 is 0 Å². The van der Waals surface area contributed by atoms with Crippen LogP contribution in [0.3, 0.4) is 0 Å². The fourth-order valence-electron chi connectivity index (χ4n) is 4.53. The van der Waals surface area contributed by atoms with Gasteiger partial charge in [0.2, 0.25) is 0 Å². The molecule has 2 atom stereocenters. The first-order valence-corrected chi connectivity index (χ1v) is 8.63. The highest BCUT2D eigenvalue weighted by molar-refractivity contribution is 5.93. The van der Waals surface area contributed by atoms with E-state index in [4.69, 9.17) is 5.21 Å². The van der Waals surface area contributed by atoms with Crippen molar-refractivity contribution in [2.24, 2.45) is 0 Å². The summed E-state index contributed by atoms with van der Waals surface area (Å²) >= 11 is 0. The fraction of sp³-hybridized carbons (Fsp3) is 0.647. The number of carbonyl (C=O) groups is 1. The molecule has 0 unspecified atom stereocenters. The minimum Gasteiger partial charge on any atom is -0.310 e. The number of hydrogen-bond acceptors (Lipinski definition) is 5. The molecule has 1 amide bonds. The lowest BCUT2D eigenvalue weighted by molar-refractivity contribution is -0.0129. The van der Waals surface area contributed by atoms with Crippen LogP contribution in [0, 0.1) is 0 Å². The van der Waals surface area contributed by atoms with Crippen LogP contribution in [0.4, 0.5) is 0 Å².